The van der Waals surface area contributed by atoms with Gasteiger partial charge in [0.05, 0.1) is 12.0 Å². The summed E-state index contributed by atoms with van der Waals surface area (Å²) >= 11 is 0. The van der Waals surface area contributed by atoms with Crippen LogP contribution in [0.5, 0.6) is 5.75 Å². The number of methoxy groups -OCH3 is 1. The van der Waals surface area contributed by atoms with E-state index in [2.05, 4.69) is 10.3 Å². The van der Waals surface area contributed by atoms with Gasteiger partial charge in [-0.05, 0) is 31.5 Å². The average molecular weight is 331 g/mol. The molecule has 24 heavy (non-hydrogen) atoms. The van der Waals surface area contributed by atoms with E-state index < -0.39 is 10.8 Å². The summed E-state index contributed by atoms with van der Waals surface area (Å²) in [4.78, 5) is 37.1. The summed E-state index contributed by atoms with van der Waals surface area (Å²) in [7, 11) is 1.29. The van der Waals surface area contributed by atoms with Crippen molar-refractivity contribution in [2.45, 2.75) is 20.4 Å². The van der Waals surface area contributed by atoms with E-state index in [1.165, 1.54) is 25.3 Å². The molecule has 2 rings (SSSR count). The molecule has 126 valence electrons. The summed E-state index contributed by atoms with van der Waals surface area (Å²) in [6, 6.07) is 5.65. The lowest BCUT2D eigenvalue weighted by Gasteiger charge is -2.09. The second kappa shape index (κ2) is 6.95. The van der Waals surface area contributed by atoms with Crippen molar-refractivity contribution in [3.8, 4) is 5.75 Å². The van der Waals surface area contributed by atoms with Crippen LogP contribution in [0.15, 0.2) is 29.1 Å². The molecule has 1 heterocycles. The third kappa shape index (κ3) is 3.60. The predicted molar refractivity (Wildman–Crippen MR) is 87.4 cm³/mol. The number of H-pyrrole nitrogens is 1. The molecule has 0 saturated heterocycles. The number of nitrogens with one attached hydrogen (secondary N) is 2. The van der Waals surface area contributed by atoms with E-state index in [4.69, 9.17) is 4.74 Å². The Morgan fingerprint density at radius 1 is 1.33 bits per heavy atom. The molecule has 8 heteroatoms. The minimum Gasteiger partial charge on any atom is -0.490 e. The van der Waals surface area contributed by atoms with E-state index in [0.717, 1.165) is 11.3 Å². The molecule has 0 atom stereocenters. The zero-order chi connectivity index (χ0) is 17.9. The molecule has 0 fully saturated rings. The predicted octanol–water partition coefficient (Wildman–Crippen LogP) is 1.84. The van der Waals surface area contributed by atoms with Crippen molar-refractivity contribution < 1.29 is 14.5 Å². The van der Waals surface area contributed by atoms with Gasteiger partial charge in [0.15, 0.2) is 5.75 Å². The summed E-state index contributed by atoms with van der Waals surface area (Å²) in [5, 5.41) is 13.5. The lowest BCUT2D eigenvalue weighted by molar-refractivity contribution is -0.385. The van der Waals surface area contributed by atoms with Gasteiger partial charge in [-0.15, -0.1) is 0 Å². The standard InChI is InChI=1S/C16H17N3O5/c1-9-6-10(2)18-16(21)12(9)8-17-15(20)11-4-5-13(19(22)23)14(7-11)24-3/h4-7H,8H2,1-3H3,(H,17,20)(H,18,21). The van der Waals surface area contributed by atoms with E-state index >= 15 is 0 Å². The summed E-state index contributed by atoms with van der Waals surface area (Å²) in [5.74, 6) is -0.459. The van der Waals surface area contributed by atoms with Crippen molar-refractivity contribution in [3.05, 3.63) is 67.1 Å². The second-order valence-corrected chi connectivity index (χ2v) is 5.27. The summed E-state index contributed by atoms with van der Waals surface area (Å²) in [6.45, 7) is 3.62. The number of benzene rings is 1. The summed E-state index contributed by atoms with van der Waals surface area (Å²) in [6.07, 6.45) is 0. The highest BCUT2D eigenvalue weighted by atomic mass is 16.6. The Hall–Kier alpha value is -3.16. The number of nitro groups is 1. The van der Waals surface area contributed by atoms with Gasteiger partial charge in [-0.2, -0.15) is 0 Å². The number of nitro benzene ring substituents is 1. The summed E-state index contributed by atoms with van der Waals surface area (Å²) < 4.78 is 4.93. The van der Waals surface area contributed by atoms with Crippen molar-refractivity contribution in [2.24, 2.45) is 0 Å². The zero-order valence-electron chi connectivity index (χ0n) is 13.5. The van der Waals surface area contributed by atoms with Crippen molar-refractivity contribution >= 4 is 11.6 Å². The minimum atomic E-state index is -0.588. The van der Waals surface area contributed by atoms with Crippen LogP contribution in [-0.4, -0.2) is 22.9 Å². The number of pyridine rings is 1. The third-order valence-corrected chi connectivity index (χ3v) is 3.56. The Balaban J connectivity index is 2.19. The molecular formula is C16H17N3O5. The molecule has 0 radical (unpaired) electrons. The number of hydrogen-bond donors (Lipinski definition) is 2. The molecule has 1 aromatic heterocycles. The van der Waals surface area contributed by atoms with E-state index in [9.17, 15) is 19.7 Å². The fraction of sp³-hybridized carbons (Fsp3) is 0.250. The van der Waals surface area contributed by atoms with Crippen LogP contribution in [0.4, 0.5) is 5.69 Å². The fourth-order valence-electron chi connectivity index (χ4n) is 2.34. The minimum absolute atomic E-state index is 0.00277. The first-order valence-corrected chi connectivity index (χ1v) is 7.13. The molecule has 0 spiro atoms. The van der Waals surface area contributed by atoms with Crippen LogP contribution in [0.2, 0.25) is 0 Å². The molecule has 0 bridgehead atoms. The highest BCUT2D eigenvalue weighted by Gasteiger charge is 2.17. The van der Waals surface area contributed by atoms with Gasteiger partial charge in [0, 0.05) is 35.5 Å². The Morgan fingerprint density at radius 3 is 2.62 bits per heavy atom. The maximum absolute atomic E-state index is 12.2. The van der Waals surface area contributed by atoms with Crippen LogP contribution in [0.1, 0.15) is 27.2 Å². The van der Waals surface area contributed by atoms with E-state index in [1.54, 1.807) is 13.8 Å². The molecular weight excluding hydrogens is 314 g/mol. The van der Waals surface area contributed by atoms with Crippen LogP contribution in [-0.2, 0) is 6.54 Å². The number of amides is 1. The molecule has 8 nitrogen and oxygen atoms in total. The highest BCUT2D eigenvalue weighted by molar-refractivity contribution is 5.95. The van der Waals surface area contributed by atoms with Crippen molar-refractivity contribution in [1.82, 2.24) is 10.3 Å². The topological polar surface area (TPSA) is 114 Å². The van der Waals surface area contributed by atoms with Crippen molar-refractivity contribution in [2.75, 3.05) is 7.11 Å². The van der Waals surface area contributed by atoms with Crippen LogP contribution in [0, 0.1) is 24.0 Å². The number of ether oxygens (including phenoxy) is 1. The first-order chi connectivity index (χ1) is 11.3. The Bertz CT molecular complexity index is 857. The molecule has 2 N–H and O–H groups in total. The van der Waals surface area contributed by atoms with E-state index in [0.29, 0.717) is 5.56 Å². The summed E-state index contributed by atoms with van der Waals surface area (Å²) in [5.41, 5.74) is 1.71. The molecule has 0 saturated carbocycles. The molecule has 2 aromatic rings. The average Bonchev–Trinajstić information content (AvgIpc) is 2.52. The monoisotopic (exact) mass is 331 g/mol. The van der Waals surface area contributed by atoms with Gasteiger partial charge in [0.2, 0.25) is 0 Å². The van der Waals surface area contributed by atoms with E-state index in [-0.39, 0.29) is 29.1 Å². The maximum Gasteiger partial charge on any atom is 0.310 e. The Labute approximate surface area is 137 Å². The SMILES string of the molecule is COc1cc(C(=O)NCc2c(C)cc(C)[nH]c2=O)ccc1[N+](=O)[O-]. The van der Waals surface area contributed by atoms with Crippen LogP contribution < -0.4 is 15.6 Å². The molecule has 0 aliphatic heterocycles. The van der Waals surface area contributed by atoms with Gasteiger partial charge in [0.1, 0.15) is 0 Å². The number of carbonyl (C=O) groups is 1. The number of aryl methyl sites for hydroxylation is 2. The van der Waals surface area contributed by atoms with Gasteiger partial charge in [-0.1, -0.05) is 0 Å². The Morgan fingerprint density at radius 2 is 2.04 bits per heavy atom. The quantitative estimate of drug-likeness (QED) is 0.641. The van der Waals surface area contributed by atoms with Gasteiger partial charge in [-0.3, -0.25) is 19.7 Å². The number of hydrogen-bond acceptors (Lipinski definition) is 5. The number of carbonyl (C=O) groups excluding carboxylic acids is 1. The second-order valence-electron chi connectivity index (χ2n) is 5.27. The number of rotatable bonds is 5. The third-order valence-electron chi connectivity index (χ3n) is 3.56. The fourth-order valence-corrected chi connectivity index (χ4v) is 2.34. The van der Waals surface area contributed by atoms with Gasteiger partial charge in [0.25, 0.3) is 11.5 Å². The maximum atomic E-state index is 12.2. The lowest BCUT2D eigenvalue weighted by atomic mass is 10.1. The van der Waals surface area contributed by atoms with E-state index in [1.807, 2.05) is 6.07 Å². The number of aromatic amines is 1. The van der Waals surface area contributed by atoms with Gasteiger partial charge in [-0.25, -0.2) is 0 Å². The number of nitrogens with zero attached hydrogens (tertiary/aromatic N) is 1. The molecule has 1 aromatic carbocycles. The smallest absolute Gasteiger partial charge is 0.310 e. The van der Waals surface area contributed by atoms with Crippen LogP contribution in [0.3, 0.4) is 0 Å². The molecule has 1 amide bonds. The van der Waals surface area contributed by atoms with Crippen LogP contribution in [0.25, 0.3) is 0 Å². The van der Waals surface area contributed by atoms with Crippen LogP contribution >= 0.6 is 0 Å². The van der Waals surface area contributed by atoms with Crippen molar-refractivity contribution in [1.29, 1.82) is 0 Å². The molecule has 0 unspecified atom stereocenters. The Kier molecular flexibility index (Phi) is 4.98. The van der Waals surface area contributed by atoms with Gasteiger partial charge >= 0.3 is 5.69 Å². The first-order valence-electron chi connectivity index (χ1n) is 7.13. The highest BCUT2D eigenvalue weighted by Crippen LogP contribution is 2.27. The van der Waals surface area contributed by atoms with Crippen molar-refractivity contribution in [3.63, 3.8) is 0 Å². The molecule has 0 aliphatic carbocycles. The van der Waals surface area contributed by atoms with Gasteiger partial charge < -0.3 is 15.0 Å². The number of aromatic nitrogens is 1. The normalized spacial score (nSPS) is 10.3. The first kappa shape index (κ1) is 17.2. The largest absolute Gasteiger partial charge is 0.490 e. The molecule has 0 aliphatic rings. The lowest BCUT2D eigenvalue weighted by Crippen LogP contribution is -2.27. The zero-order valence-corrected chi connectivity index (χ0v) is 13.5.